The van der Waals surface area contributed by atoms with Gasteiger partial charge >= 0.3 is 5.97 Å². The van der Waals surface area contributed by atoms with E-state index in [-0.39, 0.29) is 36.0 Å². The number of hydrogen-bond donors (Lipinski definition) is 1. The van der Waals surface area contributed by atoms with Crippen LogP contribution in [-0.2, 0) is 4.79 Å². The average molecular weight is 292 g/mol. The third kappa shape index (κ3) is 2.75. The van der Waals surface area contributed by atoms with Crippen molar-refractivity contribution in [2.45, 2.75) is 44.2 Å². The van der Waals surface area contributed by atoms with Gasteiger partial charge in [-0.15, -0.1) is 0 Å². The summed E-state index contributed by atoms with van der Waals surface area (Å²) in [5.41, 5.74) is 0.255. The van der Waals surface area contributed by atoms with Crippen LogP contribution in [0.5, 0.6) is 0 Å². The third-order valence-electron chi connectivity index (χ3n) is 4.48. The highest BCUT2D eigenvalue weighted by molar-refractivity contribution is 5.93. The maximum atomic E-state index is 12.9. The maximum absolute atomic E-state index is 12.9. The fourth-order valence-electron chi connectivity index (χ4n) is 3.67. The monoisotopic (exact) mass is 292 g/mol. The Morgan fingerprint density at radius 1 is 1.29 bits per heavy atom. The third-order valence-corrected chi connectivity index (χ3v) is 4.48. The molecule has 21 heavy (non-hydrogen) atoms. The number of aliphatic carboxylic acids is 1. The number of fused-ring (bicyclic) bond motifs is 2. The topological polar surface area (TPSA) is 70.5 Å². The molecule has 2 aliphatic heterocycles. The van der Waals surface area contributed by atoms with Gasteiger partial charge in [0.15, 0.2) is 0 Å². The van der Waals surface area contributed by atoms with E-state index in [2.05, 4.69) is 4.98 Å². The molecule has 0 aliphatic carbocycles. The van der Waals surface area contributed by atoms with Gasteiger partial charge in [-0.05, 0) is 43.7 Å². The number of pyridine rings is 1. The molecule has 2 bridgehead atoms. The van der Waals surface area contributed by atoms with E-state index in [0.29, 0.717) is 0 Å². The second-order valence-electron chi connectivity index (χ2n) is 5.89. The van der Waals surface area contributed by atoms with E-state index in [1.165, 1.54) is 12.1 Å². The molecule has 0 spiro atoms. The van der Waals surface area contributed by atoms with Crippen LogP contribution >= 0.6 is 0 Å². The summed E-state index contributed by atoms with van der Waals surface area (Å²) in [5, 5.41) is 8.91. The molecule has 2 fully saturated rings. The van der Waals surface area contributed by atoms with E-state index < -0.39 is 11.8 Å². The number of amides is 1. The fourth-order valence-corrected chi connectivity index (χ4v) is 3.67. The summed E-state index contributed by atoms with van der Waals surface area (Å²) in [7, 11) is 0. The first kappa shape index (κ1) is 14.0. The molecule has 1 amide bonds. The molecule has 0 radical (unpaired) electrons. The zero-order valence-electron chi connectivity index (χ0n) is 11.5. The summed E-state index contributed by atoms with van der Waals surface area (Å²) in [6.07, 6.45) is 4.50. The molecule has 2 saturated heterocycles. The number of piperidine rings is 1. The first-order valence-corrected chi connectivity index (χ1v) is 7.20. The Morgan fingerprint density at radius 3 is 2.48 bits per heavy atom. The Labute approximate surface area is 121 Å². The van der Waals surface area contributed by atoms with Crippen LogP contribution in [0.3, 0.4) is 0 Å². The molecule has 6 heteroatoms. The molecule has 0 aromatic carbocycles. The first-order chi connectivity index (χ1) is 10.0. The number of hydrogen-bond acceptors (Lipinski definition) is 3. The van der Waals surface area contributed by atoms with Crippen molar-refractivity contribution in [2.24, 2.45) is 5.92 Å². The van der Waals surface area contributed by atoms with Crippen LogP contribution in [0.15, 0.2) is 18.3 Å². The second kappa shape index (κ2) is 5.42. The summed E-state index contributed by atoms with van der Waals surface area (Å²) >= 11 is 0. The molecule has 3 heterocycles. The number of carboxylic acid groups (broad SMARTS) is 1. The summed E-state index contributed by atoms with van der Waals surface area (Å²) in [4.78, 5) is 29.1. The molecule has 3 rings (SSSR count). The Balaban J connectivity index is 1.74. The maximum Gasteiger partial charge on any atom is 0.303 e. The Kier molecular flexibility index (Phi) is 3.61. The summed E-state index contributed by atoms with van der Waals surface area (Å²) in [6.45, 7) is 0. The highest BCUT2D eigenvalue weighted by Crippen LogP contribution is 2.40. The smallest absolute Gasteiger partial charge is 0.303 e. The molecule has 1 aromatic rings. The predicted octanol–water partition coefficient (Wildman–Crippen LogP) is 2.08. The number of carbonyl (C=O) groups is 2. The SMILES string of the molecule is O=C(O)CC1CC2CCC(C1)N2C(=O)c1ccc(F)cn1. The average Bonchev–Trinajstić information content (AvgIpc) is 2.70. The lowest BCUT2D eigenvalue weighted by molar-refractivity contribution is -0.138. The zero-order valence-corrected chi connectivity index (χ0v) is 11.5. The molecule has 1 N–H and O–H groups in total. The Hall–Kier alpha value is -1.98. The normalized spacial score (nSPS) is 27.7. The number of halogens is 1. The van der Waals surface area contributed by atoms with Crippen LogP contribution in [0.25, 0.3) is 0 Å². The van der Waals surface area contributed by atoms with Crippen molar-refractivity contribution in [3.8, 4) is 0 Å². The second-order valence-corrected chi connectivity index (χ2v) is 5.89. The van der Waals surface area contributed by atoms with E-state index >= 15 is 0 Å². The predicted molar refractivity (Wildman–Crippen MR) is 72.2 cm³/mol. The largest absolute Gasteiger partial charge is 0.481 e. The van der Waals surface area contributed by atoms with Crippen molar-refractivity contribution < 1.29 is 19.1 Å². The number of nitrogens with zero attached hydrogens (tertiary/aromatic N) is 2. The van der Waals surface area contributed by atoms with Crippen LogP contribution in [0.1, 0.15) is 42.6 Å². The summed E-state index contributed by atoms with van der Waals surface area (Å²) in [5.74, 6) is -1.27. The van der Waals surface area contributed by atoms with Gasteiger partial charge in [-0.3, -0.25) is 9.59 Å². The van der Waals surface area contributed by atoms with Crippen molar-refractivity contribution in [3.63, 3.8) is 0 Å². The van der Waals surface area contributed by atoms with Crippen molar-refractivity contribution in [1.29, 1.82) is 0 Å². The Morgan fingerprint density at radius 2 is 1.95 bits per heavy atom. The van der Waals surface area contributed by atoms with Gasteiger partial charge in [0.05, 0.1) is 6.20 Å². The van der Waals surface area contributed by atoms with Crippen molar-refractivity contribution >= 4 is 11.9 Å². The van der Waals surface area contributed by atoms with E-state index in [4.69, 9.17) is 5.11 Å². The van der Waals surface area contributed by atoms with Gasteiger partial charge in [0.25, 0.3) is 5.91 Å². The van der Waals surface area contributed by atoms with Crippen molar-refractivity contribution in [3.05, 3.63) is 29.8 Å². The van der Waals surface area contributed by atoms with E-state index in [1.54, 1.807) is 0 Å². The van der Waals surface area contributed by atoms with Crippen LogP contribution in [-0.4, -0.2) is 39.0 Å². The van der Waals surface area contributed by atoms with Crippen LogP contribution in [0, 0.1) is 11.7 Å². The Bertz CT molecular complexity index is 547. The number of rotatable bonds is 3. The van der Waals surface area contributed by atoms with Gasteiger partial charge in [-0.25, -0.2) is 9.37 Å². The molecule has 1 aromatic heterocycles. The summed E-state index contributed by atoms with van der Waals surface area (Å²) < 4.78 is 12.9. The minimum Gasteiger partial charge on any atom is -0.481 e. The fraction of sp³-hybridized carbons (Fsp3) is 0.533. The first-order valence-electron chi connectivity index (χ1n) is 7.20. The molecule has 5 nitrogen and oxygen atoms in total. The lowest BCUT2D eigenvalue weighted by atomic mass is 9.88. The molecule has 0 saturated carbocycles. The standard InChI is InChI=1S/C15H17FN2O3/c16-10-1-4-13(17-8-10)15(21)18-11-2-3-12(18)6-9(5-11)7-14(19)20/h1,4,8-9,11-12H,2-3,5-7H2,(H,19,20). The van der Waals surface area contributed by atoms with Gasteiger partial charge < -0.3 is 10.0 Å². The number of aromatic nitrogens is 1. The molecular weight excluding hydrogens is 275 g/mol. The van der Waals surface area contributed by atoms with Gasteiger partial charge in [-0.1, -0.05) is 0 Å². The number of carboxylic acids is 1. The van der Waals surface area contributed by atoms with E-state index in [0.717, 1.165) is 31.9 Å². The molecule has 2 atom stereocenters. The van der Waals surface area contributed by atoms with Crippen LogP contribution in [0.2, 0.25) is 0 Å². The number of carbonyl (C=O) groups excluding carboxylic acids is 1. The summed E-state index contributed by atoms with van der Waals surface area (Å²) in [6, 6.07) is 2.82. The highest BCUT2D eigenvalue weighted by atomic mass is 19.1. The van der Waals surface area contributed by atoms with Crippen molar-refractivity contribution in [1.82, 2.24) is 9.88 Å². The zero-order chi connectivity index (χ0) is 15.0. The lowest BCUT2D eigenvalue weighted by Gasteiger charge is -2.38. The van der Waals surface area contributed by atoms with Crippen LogP contribution < -0.4 is 0 Å². The van der Waals surface area contributed by atoms with Gasteiger partial charge in [0.2, 0.25) is 0 Å². The van der Waals surface area contributed by atoms with E-state index in [1.807, 2.05) is 4.90 Å². The molecule has 2 aliphatic rings. The van der Waals surface area contributed by atoms with Crippen LogP contribution in [0.4, 0.5) is 4.39 Å². The quantitative estimate of drug-likeness (QED) is 0.926. The minimum atomic E-state index is -0.778. The molecule has 112 valence electrons. The van der Waals surface area contributed by atoms with Crippen molar-refractivity contribution in [2.75, 3.05) is 0 Å². The highest BCUT2D eigenvalue weighted by Gasteiger charge is 2.43. The van der Waals surface area contributed by atoms with E-state index in [9.17, 15) is 14.0 Å². The molecule has 2 unspecified atom stereocenters. The molecular formula is C15H17FN2O3. The van der Waals surface area contributed by atoms with Gasteiger partial charge in [-0.2, -0.15) is 0 Å². The van der Waals surface area contributed by atoms with Gasteiger partial charge in [0.1, 0.15) is 11.5 Å². The lowest BCUT2D eigenvalue weighted by Crippen LogP contribution is -2.47. The van der Waals surface area contributed by atoms with Gasteiger partial charge in [0, 0.05) is 18.5 Å². The minimum absolute atomic E-state index is 0.0902.